The van der Waals surface area contributed by atoms with Gasteiger partial charge in [0.15, 0.2) is 0 Å². The van der Waals surface area contributed by atoms with Crippen LogP contribution < -0.4 is 10.1 Å². The number of halogens is 5. The molecule has 1 saturated heterocycles. The number of nitriles is 1. The van der Waals surface area contributed by atoms with Crippen LogP contribution in [0.1, 0.15) is 44.2 Å². The van der Waals surface area contributed by atoms with E-state index in [2.05, 4.69) is 32.2 Å². The topological polar surface area (TPSA) is 120 Å². The molecule has 1 fully saturated rings. The number of hydrogen-bond donors (Lipinski definition) is 3. The van der Waals surface area contributed by atoms with Crippen molar-refractivity contribution in [1.29, 1.82) is 5.26 Å². The van der Waals surface area contributed by atoms with E-state index in [0.29, 0.717) is 33.3 Å². The summed E-state index contributed by atoms with van der Waals surface area (Å²) in [6.45, 7) is 6.20. The lowest BCUT2D eigenvalue weighted by Gasteiger charge is -2.37. The standard InChI is InChI=1S/C24H26Cl2N2O3.C2HF3O2/c1-23(2,3)12-19-24(13-27,17-9-8-16(26)11-18(17)31-4)20(21(28-19)22(29)30)14-6-5-7-15(25)10-14;3-2(4,5)1(6)7/h5-11,19-21,28H,12H2,1-4H3,(H,29,30);(H,6,7). The van der Waals surface area contributed by atoms with Crippen molar-refractivity contribution in [2.75, 3.05) is 7.11 Å². The summed E-state index contributed by atoms with van der Waals surface area (Å²) in [5.74, 6) is -4.02. The summed E-state index contributed by atoms with van der Waals surface area (Å²) in [4.78, 5) is 21.3. The molecule has 2 aromatic rings. The molecule has 3 rings (SSSR count). The number of hydrogen-bond acceptors (Lipinski definition) is 5. The van der Waals surface area contributed by atoms with Crippen molar-refractivity contribution in [2.24, 2.45) is 5.41 Å². The van der Waals surface area contributed by atoms with Crippen molar-refractivity contribution >= 4 is 35.1 Å². The van der Waals surface area contributed by atoms with Gasteiger partial charge >= 0.3 is 18.1 Å². The lowest BCUT2D eigenvalue weighted by atomic mass is 9.62. The third-order valence-electron chi connectivity index (χ3n) is 6.08. The molecular weight excluding hydrogens is 548 g/mol. The van der Waals surface area contributed by atoms with Gasteiger partial charge in [0.05, 0.1) is 13.2 Å². The molecule has 7 nitrogen and oxygen atoms in total. The van der Waals surface area contributed by atoms with Crippen LogP contribution in [0.25, 0.3) is 0 Å². The van der Waals surface area contributed by atoms with E-state index in [1.807, 2.05) is 6.07 Å². The summed E-state index contributed by atoms with van der Waals surface area (Å²) in [6.07, 6.45) is -4.51. The molecule has 0 radical (unpaired) electrons. The molecule has 0 aliphatic carbocycles. The molecule has 2 aromatic carbocycles. The molecule has 0 amide bonds. The summed E-state index contributed by atoms with van der Waals surface area (Å²) >= 11 is 12.5. The van der Waals surface area contributed by atoms with Crippen molar-refractivity contribution in [3.8, 4) is 11.8 Å². The number of alkyl halides is 3. The first-order valence-electron chi connectivity index (χ1n) is 11.3. The minimum Gasteiger partial charge on any atom is -0.496 e. The van der Waals surface area contributed by atoms with Crippen LogP contribution in [-0.2, 0) is 15.0 Å². The Labute approximate surface area is 228 Å². The molecule has 12 heteroatoms. The number of aliphatic carboxylic acids is 2. The van der Waals surface area contributed by atoms with Gasteiger partial charge in [0.25, 0.3) is 0 Å². The predicted molar refractivity (Wildman–Crippen MR) is 136 cm³/mol. The minimum atomic E-state index is -5.08. The van der Waals surface area contributed by atoms with Gasteiger partial charge in [-0.3, -0.25) is 10.1 Å². The predicted octanol–water partition coefficient (Wildman–Crippen LogP) is 6.04. The smallest absolute Gasteiger partial charge is 0.490 e. The Morgan fingerprint density at radius 1 is 1.11 bits per heavy atom. The van der Waals surface area contributed by atoms with Gasteiger partial charge in [-0.15, -0.1) is 0 Å². The Morgan fingerprint density at radius 2 is 1.68 bits per heavy atom. The van der Waals surface area contributed by atoms with E-state index in [1.165, 1.54) is 7.11 Å². The molecular formula is C26H27Cl2F3N2O5. The number of nitrogens with zero attached hydrogens (tertiary/aromatic N) is 1. The maximum atomic E-state index is 12.4. The molecule has 1 heterocycles. The van der Waals surface area contributed by atoms with E-state index in [0.717, 1.165) is 0 Å². The van der Waals surface area contributed by atoms with Crippen LogP contribution >= 0.6 is 23.2 Å². The van der Waals surface area contributed by atoms with Crippen molar-refractivity contribution in [1.82, 2.24) is 5.32 Å². The normalized spacial score (nSPS) is 23.1. The zero-order valence-electron chi connectivity index (χ0n) is 20.9. The minimum absolute atomic E-state index is 0.161. The van der Waals surface area contributed by atoms with Gasteiger partial charge in [-0.2, -0.15) is 18.4 Å². The third kappa shape index (κ3) is 6.90. The van der Waals surface area contributed by atoms with E-state index in [1.54, 1.807) is 36.4 Å². The van der Waals surface area contributed by atoms with Crippen LogP contribution in [0.4, 0.5) is 13.2 Å². The van der Waals surface area contributed by atoms with Crippen LogP contribution in [0, 0.1) is 16.7 Å². The molecule has 1 aliphatic heterocycles. The van der Waals surface area contributed by atoms with Gasteiger partial charge in [-0.1, -0.05) is 62.2 Å². The maximum Gasteiger partial charge on any atom is 0.490 e. The Morgan fingerprint density at radius 3 is 2.13 bits per heavy atom. The average Bonchev–Trinajstić information content (AvgIpc) is 3.12. The van der Waals surface area contributed by atoms with E-state index >= 15 is 0 Å². The monoisotopic (exact) mass is 574 g/mol. The van der Waals surface area contributed by atoms with Crippen LogP contribution in [0.5, 0.6) is 5.75 Å². The number of benzene rings is 2. The average molecular weight is 575 g/mol. The highest BCUT2D eigenvalue weighted by molar-refractivity contribution is 6.31. The largest absolute Gasteiger partial charge is 0.496 e. The van der Waals surface area contributed by atoms with E-state index < -0.39 is 41.5 Å². The number of ether oxygens (including phenoxy) is 1. The molecule has 4 atom stereocenters. The number of carboxylic acids is 2. The number of nitrogens with one attached hydrogen (secondary N) is 1. The van der Waals surface area contributed by atoms with Crippen molar-refractivity contribution in [2.45, 2.75) is 56.8 Å². The molecule has 3 N–H and O–H groups in total. The highest BCUT2D eigenvalue weighted by atomic mass is 35.5. The fraction of sp³-hybridized carbons (Fsp3) is 0.423. The molecule has 4 unspecified atom stereocenters. The van der Waals surface area contributed by atoms with Crippen molar-refractivity contribution in [3.05, 3.63) is 63.6 Å². The Bertz CT molecular complexity index is 1230. The SMILES string of the molecule is COc1cc(Cl)ccc1C1(C#N)C(CC(C)(C)C)NC(C(=O)O)C1c1cccc(Cl)c1.O=C(O)C(F)(F)F. The van der Waals surface area contributed by atoms with Gasteiger partial charge in [-0.25, -0.2) is 4.79 Å². The highest BCUT2D eigenvalue weighted by Gasteiger charge is 2.60. The zero-order chi connectivity index (χ0) is 29.1. The second-order valence-corrected chi connectivity index (χ2v) is 10.8. The quantitative estimate of drug-likeness (QED) is 0.398. The summed E-state index contributed by atoms with van der Waals surface area (Å²) in [5, 5.41) is 32.2. The Kier molecular flexibility index (Phi) is 9.70. The Balaban J connectivity index is 0.000000638. The first-order valence-corrected chi connectivity index (χ1v) is 12.0. The summed E-state index contributed by atoms with van der Waals surface area (Å²) < 4.78 is 37.3. The third-order valence-corrected chi connectivity index (χ3v) is 6.55. The number of methoxy groups -OCH3 is 1. The summed E-state index contributed by atoms with van der Waals surface area (Å²) in [7, 11) is 1.52. The molecule has 1 aliphatic rings. The van der Waals surface area contributed by atoms with Crippen molar-refractivity contribution < 1.29 is 37.7 Å². The van der Waals surface area contributed by atoms with E-state index in [4.69, 9.17) is 37.8 Å². The first kappa shape index (κ1) is 31.2. The van der Waals surface area contributed by atoms with Gasteiger partial charge < -0.3 is 14.9 Å². The molecule has 38 heavy (non-hydrogen) atoms. The molecule has 206 valence electrons. The molecule has 0 saturated carbocycles. The van der Waals surface area contributed by atoms with Gasteiger partial charge in [0, 0.05) is 27.6 Å². The van der Waals surface area contributed by atoms with Crippen LogP contribution in [0.2, 0.25) is 10.0 Å². The van der Waals surface area contributed by atoms with Crippen molar-refractivity contribution in [3.63, 3.8) is 0 Å². The summed E-state index contributed by atoms with van der Waals surface area (Å²) in [6, 6.07) is 13.3. The lowest BCUT2D eigenvalue weighted by molar-refractivity contribution is -0.192. The van der Waals surface area contributed by atoms with Crippen LogP contribution in [0.15, 0.2) is 42.5 Å². The number of carboxylic acid groups (broad SMARTS) is 2. The fourth-order valence-electron chi connectivity index (χ4n) is 4.70. The van der Waals surface area contributed by atoms with Gasteiger partial charge in [-0.05, 0) is 41.7 Å². The molecule has 0 aromatic heterocycles. The number of carbonyl (C=O) groups is 2. The second-order valence-electron chi connectivity index (χ2n) is 9.96. The molecule has 0 spiro atoms. The summed E-state index contributed by atoms with van der Waals surface area (Å²) in [5.41, 5.74) is -0.0948. The van der Waals surface area contributed by atoms with Gasteiger partial charge in [0.2, 0.25) is 0 Å². The van der Waals surface area contributed by atoms with E-state index in [-0.39, 0.29) is 5.41 Å². The van der Waals surface area contributed by atoms with Crippen LogP contribution in [-0.4, -0.2) is 47.5 Å². The highest BCUT2D eigenvalue weighted by Crippen LogP contribution is 2.53. The van der Waals surface area contributed by atoms with E-state index in [9.17, 15) is 28.3 Å². The molecule has 0 bridgehead atoms. The van der Waals surface area contributed by atoms with Crippen LogP contribution in [0.3, 0.4) is 0 Å². The fourth-order valence-corrected chi connectivity index (χ4v) is 5.06. The maximum absolute atomic E-state index is 12.4. The van der Waals surface area contributed by atoms with Gasteiger partial charge in [0.1, 0.15) is 17.2 Å². The lowest BCUT2D eigenvalue weighted by Crippen LogP contribution is -2.44. The number of rotatable bonds is 5. The first-order chi connectivity index (χ1) is 17.5. The zero-order valence-corrected chi connectivity index (χ0v) is 22.4. The Hall–Kier alpha value is -3.00. The second kappa shape index (κ2) is 11.8.